The van der Waals surface area contributed by atoms with Crippen LogP contribution in [0, 0.1) is 13.8 Å². The topological polar surface area (TPSA) is 50.1 Å². The van der Waals surface area contributed by atoms with E-state index in [0.29, 0.717) is 6.54 Å². The van der Waals surface area contributed by atoms with E-state index in [2.05, 4.69) is 10.3 Å². The molecule has 24 heavy (non-hydrogen) atoms. The fourth-order valence-corrected chi connectivity index (χ4v) is 2.68. The molecule has 1 atom stereocenters. The standard InChI is InChI=1S/C17H22F3N3O/c1-12-4-5-14(13(2)10-12)11-21-7-6-16(24,17(18,19)20)15-22-8-9-23(15)3/h4-5,8-10,21,24H,6-7,11H2,1-3H3. The molecule has 0 aliphatic rings. The molecule has 1 aromatic carbocycles. The van der Waals surface area contributed by atoms with Crippen molar-refractivity contribution in [1.29, 1.82) is 0 Å². The van der Waals surface area contributed by atoms with Crippen LogP contribution in [0.4, 0.5) is 13.2 Å². The van der Waals surface area contributed by atoms with Gasteiger partial charge in [0.25, 0.3) is 0 Å². The van der Waals surface area contributed by atoms with E-state index in [9.17, 15) is 18.3 Å². The first-order valence-electron chi connectivity index (χ1n) is 7.69. The largest absolute Gasteiger partial charge is 0.424 e. The van der Waals surface area contributed by atoms with E-state index >= 15 is 0 Å². The van der Waals surface area contributed by atoms with Crippen molar-refractivity contribution in [2.24, 2.45) is 7.05 Å². The molecule has 0 radical (unpaired) electrons. The number of aryl methyl sites for hydroxylation is 3. The summed E-state index contributed by atoms with van der Waals surface area (Å²) in [4.78, 5) is 3.68. The highest BCUT2D eigenvalue weighted by Crippen LogP contribution is 2.40. The number of imidazole rings is 1. The number of hydrogen-bond donors (Lipinski definition) is 2. The second-order valence-corrected chi connectivity index (χ2v) is 6.08. The van der Waals surface area contributed by atoms with Crippen LogP contribution in [0.3, 0.4) is 0 Å². The lowest BCUT2D eigenvalue weighted by molar-refractivity contribution is -0.272. The molecule has 2 N–H and O–H groups in total. The summed E-state index contributed by atoms with van der Waals surface area (Å²) in [5.74, 6) is -0.400. The maximum atomic E-state index is 13.4. The minimum Gasteiger partial charge on any atom is -0.374 e. The fourth-order valence-electron chi connectivity index (χ4n) is 2.68. The van der Waals surface area contributed by atoms with E-state index < -0.39 is 24.0 Å². The van der Waals surface area contributed by atoms with Gasteiger partial charge in [-0.25, -0.2) is 4.98 Å². The molecular weight excluding hydrogens is 319 g/mol. The number of hydrogen-bond acceptors (Lipinski definition) is 3. The normalized spacial score (nSPS) is 14.6. The molecule has 0 saturated heterocycles. The number of alkyl halides is 3. The van der Waals surface area contributed by atoms with Gasteiger partial charge in [-0.1, -0.05) is 23.8 Å². The Labute approximate surface area is 139 Å². The second-order valence-electron chi connectivity index (χ2n) is 6.08. The highest BCUT2D eigenvalue weighted by Gasteiger charge is 2.56. The zero-order valence-electron chi connectivity index (χ0n) is 14.0. The summed E-state index contributed by atoms with van der Waals surface area (Å²) in [7, 11) is 1.43. The van der Waals surface area contributed by atoms with Crippen LogP contribution in [0.2, 0.25) is 0 Å². The van der Waals surface area contributed by atoms with Crippen molar-refractivity contribution < 1.29 is 18.3 Å². The first-order chi connectivity index (χ1) is 11.1. The Hall–Kier alpha value is -1.86. The number of benzene rings is 1. The summed E-state index contributed by atoms with van der Waals surface area (Å²) in [5, 5.41) is 13.2. The monoisotopic (exact) mass is 341 g/mol. The van der Waals surface area contributed by atoms with Gasteiger partial charge in [-0.3, -0.25) is 0 Å². The van der Waals surface area contributed by atoms with Crippen LogP contribution in [-0.4, -0.2) is 27.4 Å². The molecule has 0 bridgehead atoms. The first-order valence-corrected chi connectivity index (χ1v) is 7.69. The molecule has 0 aliphatic heterocycles. The summed E-state index contributed by atoms with van der Waals surface area (Å²) < 4.78 is 41.3. The number of halogens is 3. The van der Waals surface area contributed by atoms with E-state index in [4.69, 9.17) is 0 Å². The Morgan fingerprint density at radius 3 is 2.50 bits per heavy atom. The van der Waals surface area contributed by atoms with Gasteiger partial charge in [0.15, 0.2) is 0 Å². The fraction of sp³-hybridized carbons (Fsp3) is 0.471. The summed E-state index contributed by atoms with van der Waals surface area (Å²) in [6, 6.07) is 5.94. The van der Waals surface area contributed by atoms with Crippen LogP contribution in [0.25, 0.3) is 0 Å². The van der Waals surface area contributed by atoms with Crippen LogP contribution in [0.15, 0.2) is 30.6 Å². The van der Waals surface area contributed by atoms with Crippen LogP contribution in [-0.2, 0) is 19.2 Å². The average molecular weight is 341 g/mol. The molecule has 1 heterocycles. The third-order valence-corrected chi connectivity index (χ3v) is 4.14. The van der Waals surface area contributed by atoms with Gasteiger partial charge in [-0.2, -0.15) is 13.2 Å². The van der Waals surface area contributed by atoms with Crippen molar-refractivity contribution in [3.63, 3.8) is 0 Å². The van der Waals surface area contributed by atoms with Gasteiger partial charge in [0.05, 0.1) is 0 Å². The summed E-state index contributed by atoms with van der Waals surface area (Å²) in [6.45, 7) is 4.40. The Bertz CT molecular complexity index is 697. The number of nitrogens with one attached hydrogen (secondary N) is 1. The molecule has 0 amide bonds. The maximum absolute atomic E-state index is 13.4. The molecule has 2 rings (SSSR count). The van der Waals surface area contributed by atoms with Crippen LogP contribution < -0.4 is 5.32 Å². The van der Waals surface area contributed by atoms with Gasteiger partial charge in [0, 0.05) is 32.4 Å². The lowest BCUT2D eigenvalue weighted by Crippen LogP contribution is -2.46. The van der Waals surface area contributed by atoms with Crippen molar-refractivity contribution >= 4 is 0 Å². The van der Waals surface area contributed by atoms with E-state index in [1.807, 2.05) is 32.0 Å². The highest BCUT2D eigenvalue weighted by molar-refractivity contribution is 5.30. The van der Waals surface area contributed by atoms with E-state index in [1.54, 1.807) is 0 Å². The third kappa shape index (κ3) is 3.79. The Kier molecular flexibility index (Phi) is 5.35. The molecule has 0 aliphatic carbocycles. The molecule has 0 fully saturated rings. The smallest absolute Gasteiger partial charge is 0.374 e. The molecule has 1 unspecified atom stereocenters. The highest BCUT2D eigenvalue weighted by atomic mass is 19.4. The molecule has 0 saturated carbocycles. The average Bonchev–Trinajstić information content (AvgIpc) is 2.90. The van der Waals surface area contributed by atoms with Crippen molar-refractivity contribution in [1.82, 2.24) is 14.9 Å². The van der Waals surface area contributed by atoms with Gasteiger partial charge in [-0.15, -0.1) is 0 Å². The minimum atomic E-state index is -4.80. The van der Waals surface area contributed by atoms with Gasteiger partial charge in [-0.05, 0) is 31.5 Å². The minimum absolute atomic E-state index is 0.0101. The van der Waals surface area contributed by atoms with Gasteiger partial charge >= 0.3 is 6.18 Å². The van der Waals surface area contributed by atoms with E-state index in [0.717, 1.165) is 16.7 Å². The molecule has 2 aromatic rings. The molecule has 132 valence electrons. The zero-order valence-corrected chi connectivity index (χ0v) is 14.0. The predicted molar refractivity (Wildman–Crippen MR) is 85.4 cm³/mol. The lowest BCUT2D eigenvalue weighted by Gasteiger charge is -2.30. The summed E-state index contributed by atoms with van der Waals surface area (Å²) in [6.07, 6.45) is -2.68. The van der Waals surface area contributed by atoms with Crippen molar-refractivity contribution in [2.45, 2.75) is 38.6 Å². The molecule has 4 nitrogen and oxygen atoms in total. The second kappa shape index (κ2) is 6.94. The van der Waals surface area contributed by atoms with E-state index in [-0.39, 0.29) is 6.54 Å². The predicted octanol–water partition coefficient (Wildman–Crippen LogP) is 2.97. The molecule has 0 spiro atoms. The van der Waals surface area contributed by atoms with Crippen LogP contribution in [0.1, 0.15) is 28.9 Å². The summed E-state index contributed by atoms with van der Waals surface area (Å²) in [5.41, 5.74) is 0.268. The quantitative estimate of drug-likeness (QED) is 0.794. The van der Waals surface area contributed by atoms with Crippen molar-refractivity contribution in [3.8, 4) is 0 Å². The van der Waals surface area contributed by atoms with Gasteiger partial charge in [0.2, 0.25) is 5.60 Å². The maximum Gasteiger partial charge on any atom is 0.424 e. The van der Waals surface area contributed by atoms with Gasteiger partial charge in [0.1, 0.15) is 5.82 Å². The number of rotatable bonds is 6. The number of nitrogens with zero attached hydrogens (tertiary/aromatic N) is 2. The Balaban J connectivity index is 2.03. The van der Waals surface area contributed by atoms with Crippen LogP contribution >= 0.6 is 0 Å². The SMILES string of the molecule is Cc1ccc(CNCCC(O)(c2nccn2C)C(F)(F)F)c(C)c1. The molecule has 1 aromatic heterocycles. The lowest BCUT2D eigenvalue weighted by atomic mass is 9.97. The van der Waals surface area contributed by atoms with E-state index in [1.165, 1.54) is 24.0 Å². The van der Waals surface area contributed by atoms with Gasteiger partial charge < -0.3 is 15.0 Å². The Morgan fingerprint density at radius 1 is 1.25 bits per heavy atom. The number of aromatic nitrogens is 2. The van der Waals surface area contributed by atoms with Crippen molar-refractivity contribution in [3.05, 3.63) is 53.1 Å². The third-order valence-electron chi connectivity index (χ3n) is 4.14. The van der Waals surface area contributed by atoms with Crippen molar-refractivity contribution in [2.75, 3.05) is 6.54 Å². The van der Waals surface area contributed by atoms with Crippen LogP contribution in [0.5, 0.6) is 0 Å². The number of aliphatic hydroxyl groups is 1. The first kappa shape index (κ1) is 18.5. The zero-order chi connectivity index (χ0) is 18.0. The Morgan fingerprint density at radius 2 is 1.96 bits per heavy atom. The molecule has 7 heteroatoms. The summed E-state index contributed by atoms with van der Waals surface area (Å²) >= 11 is 0. The molecular formula is C17H22F3N3O.